The van der Waals surface area contributed by atoms with Gasteiger partial charge in [-0.15, -0.1) is 0 Å². The van der Waals surface area contributed by atoms with Gasteiger partial charge in [0.2, 0.25) is 0 Å². The molecule has 1 aromatic heterocycles. The molecule has 0 aliphatic rings. The zero-order valence-corrected chi connectivity index (χ0v) is 7.20. The lowest BCUT2D eigenvalue weighted by molar-refractivity contribution is 0.247. The van der Waals surface area contributed by atoms with Crippen molar-refractivity contribution in [2.75, 3.05) is 13.7 Å². The van der Waals surface area contributed by atoms with Gasteiger partial charge in [-0.05, 0) is 19.2 Å². The molecule has 1 heterocycles. The molecule has 3 nitrogen and oxygen atoms in total. The Morgan fingerprint density at radius 1 is 1.58 bits per heavy atom. The molecule has 0 aliphatic heterocycles. The van der Waals surface area contributed by atoms with Crippen molar-refractivity contribution < 1.29 is 5.11 Å². The van der Waals surface area contributed by atoms with Crippen LogP contribution < -0.4 is 5.32 Å². The highest BCUT2D eigenvalue weighted by Gasteiger charge is 2.04. The minimum absolute atomic E-state index is 0.111. The summed E-state index contributed by atoms with van der Waals surface area (Å²) in [5.41, 5.74) is 1.01. The first-order valence-corrected chi connectivity index (χ1v) is 4.05. The van der Waals surface area contributed by atoms with Crippen LogP contribution in [0.25, 0.3) is 0 Å². The fourth-order valence-electron chi connectivity index (χ4n) is 1.03. The Balaban J connectivity index is 2.51. The van der Waals surface area contributed by atoms with E-state index in [1.165, 1.54) is 0 Å². The average Bonchev–Trinajstić information content (AvgIpc) is 2.16. The number of hydrogen-bond acceptors (Lipinski definition) is 3. The van der Waals surface area contributed by atoms with Gasteiger partial charge in [0.15, 0.2) is 0 Å². The van der Waals surface area contributed by atoms with E-state index in [-0.39, 0.29) is 12.6 Å². The summed E-state index contributed by atoms with van der Waals surface area (Å²) in [5.74, 6) is 0. The molecule has 1 atom stereocenters. The predicted molar refractivity (Wildman–Crippen MR) is 47.9 cm³/mol. The Hall–Kier alpha value is -0.930. The molecule has 1 aromatic rings. The quantitative estimate of drug-likeness (QED) is 0.672. The number of nitrogens with one attached hydrogen (secondary N) is 1. The van der Waals surface area contributed by atoms with Crippen molar-refractivity contribution >= 4 is 0 Å². The Bertz CT molecular complexity index is 209. The van der Waals surface area contributed by atoms with Crippen molar-refractivity contribution in [3.05, 3.63) is 30.1 Å². The normalized spacial score (nSPS) is 12.8. The van der Waals surface area contributed by atoms with Crippen LogP contribution in [0.3, 0.4) is 0 Å². The van der Waals surface area contributed by atoms with Gasteiger partial charge in [0.1, 0.15) is 0 Å². The third kappa shape index (κ3) is 2.60. The second kappa shape index (κ2) is 4.85. The molecule has 3 heteroatoms. The van der Waals surface area contributed by atoms with Crippen molar-refractivity contribution in [1.29, 1.82) is 0 Å². The Morgan fingerprint density at radius 3 is 2.92 bits per heavy atom. The summed E-state index contributed by atoms with van der Waals surface area (Å²) in [6.45, 7) is 0.146. The maximum Gasteiger partial charge on any atom is 0.0588 e. The second-order valence-corrected chi connectivity index (χ2v) is 2.69. The average molecular weight is 166 g/mol. The van der Waals surface area contributed by atoms with Gasteiger partial charge in [0, 0.05) is 24.4 Å². The van der Waals surface area contributed by atoms with E-state index in [9.17, 15) is 0 Å². The van der Waals surface area contributed by atoms with E-state index in [0.29, 0.717) is 0 Å². The molecule has 12 heavy (non-hydrogen) atoms. The van der Waals surface area contributed by atoms with Crippen molar-refractivity contribution in [1.82, 2.24) is 10.3 Å². The molecule has 0 saturated heterocycles. The summed E-state index contributed by atoms with van der Waals surface area (Å²) in [4.78, 5) is 4.16. The Kier molecular flexibility index (Phi) is 3.70. The van der Waals surface area contributed by atoms with E-state index in [4.69, 9.17) is 5.11 Å². The molecular formula is C9H14N2O. The zero-order chi connectivity index (χ0) is 8.81. The Labute approximate surface area is 72.5 Å². The zero-order valence-electron chi connectivity index (χ0n) is 7.20. The lowest BCUT2D eigenvalue weighted by Gasteiger charge is -2.11. The first-order valence-electron chi connectivity index (χ1n) is 4.05. The standard InChI is InChI=1S/C9H14N2O/c1-10-9(7-12)6-8-4-2-3-5-11-8/h2-5,9-10,12H,6-7H2,1H3/t9-/m1/s1. The van der Waals surface area contributed by atoms with E-state index >= 15 is 0 Å². The van der Waals surface area contributed by atoms with Gasteiger partial charge < -0.3 is 10.4 Å². The predicted octanol–water partition coefficient (Wildman–Crippen LogP) is 0.204. The van der Waals surface area contributed by atoms with Crippen LogP contribution in [-0.2, 0) is 6.42 Å². The molecule has 0 aromatic carbocycles. The van der Waals surface area contributed by atoms with Gasteiger partial charge in [-0.3, -0.25) is 4.98 Å². The summed E-state index contributed by atoms with van der Waals surface area (Å²) in [6.07, 6.45) is 2.53. The highest BCUT2D eigenvalue weighted by Crippen LogP contribution is 1.97. The minimum Gasteiger partial charge on any atom is -0.395 e. The van der Waals surface area contributed by atoms with Gasteiger partial charge in [0.05, 0.1) is 6.61 Å². The molecule has 1 rings (SSSR count). The molecule has 66 valence electrons. The van der Waals surface area contributed by atoms with Crippen molar-refractivity contribution in [2.24, 2.45) is 0 Å². The maximum atomic E-state index is 8.90. The van der Waals surface area contributed by atoms with E-state index in [1.807, 2.05) is 25.2 Å². The third-order valence-electron chi connectivity index (χ3n) is 1.81. The molecule has 0 fully saturated rings. The van der Waals surface area contributed by atoms with Crippen LogP contribution in [0, 0.1) is 0 Å². The van der Waals surface area contributed by atoms with Gasteiger partial charge >= 0.3 is 0 Å². The largest absolute Gasteiger partial charge is 0.395 e. The lowest BCUT2D eigenvalue weighted by Crippen LogP contribution is -2.31. The molecule has 0 aliphatic carbocycles. The Morgan fingerprint density at radius 2 is 2.42 bits per heavy atom. The number of likely N-dealkylation sites (N-methyl/N-ethyl adjacent to an activating group) is 1. The third-order valence-corrected chi connectivity index (χ3v) is 1.81. The summed E-state index contributed by atoms with van der Waals surface area (Å²) >= 11 is 0. The van der Waals surface area contributed by atoms with E-state index < -0.39 is 0 Å². The van der Waals surface area contributed by atoms with Crippen LogP contribution in [-0.4, -0.2) is 29.8 Å². The van der Waals surface area contributed by atoms with Crippen molar-refractivity contribution in [3.63, 3.8) is 0 Å². The van der Waals surface area contributed by atoms with Crippen LogP contribution >= 0.6 is 0 Å². The fraction of sp³-hybridized carbons (Fsp3) is 0.444. The molecular weight excluding hydrogens is 152 g/mol. The lowest BCUT2D eigenvalue weighted by atomic mass is 10.1. The smallest absolute Gasteiger partial charge is 0.0588 e. The number of aliphatic hydroxyl groups excluding tert-OH is 1. The number of pyridine rings is 1. The number of aliphatic hydroxyl groups is 1. The molecule has 0 spiro atoms. The summed E-state index contributed by atoms with van der Waals surface area (Å²) in [5, 5.41) is 11.9. The SMILES string of the molecule is CN[C@@H](CO)Cc1ccccn1. The van der Waals surface area contributed by atoms with Crippen LogP contribution in [0.4, 0.5) is 0 Å². The maximum absolute atomic E-state index is 8.90. The van der Waals surface area contributed by atoms with Crippen LogP contribution in [0.15, 0.2) is 24.4 Å². The molecule has 0 amide bonds. The highest BCUT2D eigenvalue weighted by atomic mass is 16.3. The molecule has 0 radical (unpaired) electrons. The highest BCUT2D eigenvalue weighted by molar-refractivity contribution is 5.05. The van der Waals surface area contributed by atoms with E-state index in [2.05, 4.69) is 10.3 Å². The first kappa shape index (κ1) is 9.16. The van der Waals surface area contributed by atoms with Crippen LogP contribution in [0.5, 0.6) is 0 Å². The van der Waals surface area contributed by atoms with Gasteiger partial charge in [-0.1, -0.05) is 6.07 Å². The first-order chi connectivity index (χ1) is 5.86. The minimum atomic E-state index is 0.111. The monoisotopic (exact) mass is 166 g/mol. The number of rotatable bonds is 4. The fourth-order valence-corrected chi connectivity index (χ4v) is 1.03. The number of hydrogen-bond donors (Lipinski definition) is 2. The number of aromatic nitrogens is 1. The molecule has 0 saturated carbocycles. The van der Waals surface area contributed by atoms with Gasteiger partial charge in [0.25, 0.3) is 0 Å². The van der Waals surface area contributed by atoms with E-state index in [1.54, 1.807) is 6.20 Å². The molecule has 0 bridgehead atoms. The summed E-state index contributed by atoms with van der Waals surface area (Å²) < 4.78 is 0. The van der Waals surface area contributed by atoms with Gasteiger partial charge in [-0.25, -0.2) is 0 Å². The molecule has 2 N–H and O–H groups in total. The van der Waals surface area contributed by atoms with Crippen molar-refractivity contribution in [3.8, 4) is 0 Å². The molecule has 0 unspecified atom stereocenters. The van der Waals surface area contributed by atoms with Crippen LogP contribution in [0.2, 0.25) is 0 Å². The van der Waals surface area contributed by atoms with Crippen molar-refractivity contribution in [2.45, 2.75) is 12.5 Å². The summed E-state index contributed by atoms with van der Waals surface area (Å²) in [7, 11) is 1.84. The second-order valence-electron chi connectivity index (χ2n) is 2.69. The van der Waals surface area contributed by atoms with Gasteiger partial charge in [-0.2, -0.15) is 0 Å². The topological polar surface area (TPSA) is 45.1 Å². The van der Waals surface area contributed by atoms with E-state index in [0.717, 1.165) is 12.1 Å². The van der Waals surface area contributed by atoms with Crippen LogP contribution in [0.1, 0.15) is 5.69 Å². The number of nitrogens with zero attached hydrogens (tertiary/aromatic N) is 1. The summed E-state index contributed by atoms with van der Waals surface area (Å²) in [6, 6.07) is 5.91.